The Balaban J connectivity index is 2.36. The molecule has 1 aromatic heterocycles. The summed E-state index contributed by atoms with van der Waals surface area (Å²) < 4.78 is 29.7. The second-order valence-corrected chi connectivity index (χ2v) is 6.77. The number of aryl methyl sites for hydroxylation is 2. The van der Waals surface area contributed by atoms with Crippen LogP contribution in [-0.2, 0) is 17.1 Å². The quantitative estimate of drug-likeness (QED) is 0.923. The second kappa shape index (κ2) is 5.99. The first-order valence-corrected chi connectivity index (χ1v) is 8.42. The fourth-order valence-corrected chi connectivity index (χ4v) is 4.21. The van der Waals surface area contributed by atoms with Gasteiger partial charge in [0.2, 0.25) is 10.0 Å². The summed E-state index contributed by atoms with van der Waals surface area (Å²) in [6.45, 7) is 5.44. The number of sulfonamides is 1. The molecule has 0 saturated heterocycles. The molecule has 0 bridgehead atoms. The summed E-state index contributed by atoms with van der Waals surface area (Å²) in [7, 11) is -1.85. The summed E-state index contributed by atoms with van der Waals surface area (Å²) in [4.78, 5) is 0.277. The van der Waals surface area contributed by atoms with Crippen LogP contribution in [0.25, 0.3) is 0 Å². The number of hydrogen-bond acceptors (Lipinski definition) is 3. The molecule has 0 spiro atoms. The molecule has 2 rings (SSSR count). The van der Waals surface area contributed by atoms with Crippen LogP contribution in [0.1, 0.15) is 36.3 Å². The van der Waals surface area contributed by atoms with Gasteiger partial charge in [-0.3, -0.25) is 4.68 Å². The molecule has 114 valence electrons. The standard InChI is InChI=1S/C15H21N3O2S/c1-5-14(13-9-7-6-8-10-13)17-21(19,20)15-11(2)16-18(4)12(15)3/h6-10,14,17H,5H2,1-4H3. The fourth-order valence-electron chi connectivity index (χ4n) is 2.46. The molecule has 5 nitrogen and oxygen atoms in total. The van der Waals surface area contributed by atoms with E-state index in [4.69, 9.17) is 0 Å². The molecular formula is C15H21N3O2S. The van der Waals surface area contributed by atoms with Crippen molar-refractivity contribution in [1.82, 2.24) is 14.5 Å². The molecule has 2 aromatic rings. The molecule has 6 heteroatoms. The van der Waals surface area contributed by atoms with Gasteiger partial charge in [-0.15, -0.1) is 0 Å². The summed E-state index contributed by atoms with van der Waals surface area (Å²) in [5, 5.41) is 4.18. The normalized spacial score (nSPS) is 13.3. The zero-order chi connectivity index (χ0) is 15.6. The molecule has 0 aliphatic carbocycles. The monoisotopic (exact) mass is 307 g/mol. The Kier molecular flexibility index (Phi) is 4.49. The Labute approximate surface area is 126 Å². The molecule has 0 fully saturated rings. The van der Waals surface area contributed by atoms with Crippen molar-refractivity contribution in [2.24, 2.45) is 7.05 Å². The molecule has 1 heterocycles. The Morgan fingerprint density at radius 3 is 2.33 bits per heavy atom. The lowest BCUT2D eigenvalue weighted by molar-refractivity contribution is 0.549. The van der Waals surface area contributed by atoms with Crippen molar-refractivity contribution in [3.8, 4) is 0 Å². The van der Waals surface area contributed by atoms with Crippen LogP contribution >= 0.6 is 0 Å². The third kappa shape index (κ3) is 3.16. The first-order valence-electron chi connectivity index (χ1n) is 6.94. The summed E-state index contributed by atoms with van der Waals surface area (Å²) in [5.41, 5.74) is 2.12. The summed E-state index contributed by atoms with van der Waals surface area (Å²) in [6.07, 6.45) is 0.682. The van der Waals surface area contributed by atoms with Crippen LogP contribution in [0.3, 0.4) is 0 Å². The van der Waals surface area contributed by atoms with Gasteiger partial charge in [-0.2, -0.15) is 5.10 Å². The molecule has 0 aliphatic rings. The first-order chi connectivity index (χ1) is 9.86. The van der Waals surface area contributed by atoms with Crippen molar-refractivity contribution >= 4 is 10.0 Å². The minimum Gasteiger partial charge on any atom is -0.271 e. The van der Waals surface area contributed by atoms with Crippen LogP contribution in [0, 0.1) is 13.8 Å². The predicted octanol–water partition coefficient (Wildman–Crippen LogP) is 2.47. The molecular weight excluding hydrogens is 286 g/mol. The van der Waals surface area contributed by atoms with Crippen molar-refractivity contribution in [3.05, 3.63) is 47.3 Å². The van der Waals surface area contributed by atoms with Gasteiger partial charge in [0.1, 0.15) is 4.90 Å². The molecule has 1 N–H and O–H groups in total. The van der Waals surface area contributed by atoms with Gasteiger partial charge in [0.25, 0.3) is 0 Å². The summed E-state index contributed by atoms with van der Waals surface area (Å²) >= 11 is 0. The minimum atomic E-state index is -3.59. The van der Waals surface area contributed by atoms with Gasteiger partial charge >= 0.3 is 0 Å². The zero-order valence-electron chi connectivity index (χ0n) is 12.8. The summed E-state index contributed by atoms with van der Waals surface area (Å²) in [5.74, 6) is 0. The van der Waals surface area contributed by atoms with E-state index in [9.17, 15) is 8.42 Å². The number of nitrogens with one attached hydrogen (secondary N) is 1. The van der Waals surface area contributed by atoms with E-state index in [1.165, 1.54) is 0 Å². The summed E-state index contributed by atoms with van der Waals surface area (Å²) in [6, 6.07) is 9.36. The van der Waals surface area contributed by atoms with Crippen LogP contribution in [0.2, 0.25) is 0 Å². The Morgan fingerprint density at radius 2 is 1.86 bits per heavy atom. The topological polar surface area (TPSA) is 64.0 Å². The third-order valence-corrected chi connectivity index (χ3v) is 5.34. The molecule has 0 amide bonds. The van der Waals surface area contributed by atoms with Crippen LogP contribution < -0.4 is 4.72 Å². The largest absolute Gasteiger partial charge is 0.271 e. The van der Waals surface area contributed by atoms with Crippen molar-refractivity contribution in [2.45, 2.75) is 38.1 Å². The van der Waals surface area contributed by atoms with Crippen molar-refractivity contribution in [1.29, 1.82) is 0 Å². The smallest absolute Gasteiger partial charge is 0.244 e. The second-order valence-electron chi connectivity index (χ2n) is 5.12. The van der Waals surface area contributed by atoms with Crippen LogP contribution in [-0.4, -0.2) is 18.2 Å². The van der Waals surface area contributed by atoms with E-state index < -0.39 is 10.0 Å². The number of aromatic nitrogens is 2. The number of rotatable bonds is 5. The van der Waals surface area contributed by atoms with E-state index in [0.29, 0.717) is 17.8 Å². The number of benzene rings is 1. The maximum absolute atomic E-state index is 12.7. The zero-order valence-corrected chi connectivity index (χ0v) is 13.6. The van der Waals surface area contributed by atoms with Gasteiger partial charge in [-0.05, 0) is 25.8 Å². The maximum Gasteiger partial charge on any atom is 0.244 e. The van der Waals surface area contributed by atoms with E-state index >= 15 is 0 Å². The molecule has 0 aliphatic heterocycles. The van der Waals surface area contributed by atoms with E-state index in [0.717, 1.165) is 5.56 Å². The molecule has 1 atom stereocenters. The van der Waals surface area contributed by atoms with E-state index in [-0.39, 0.29) is 10.9 Å². The van der Waals surface area contributed by atoms with Crippen molar-refractivity contribution in [2.75, 3.05) is 0 Å². The molecule has 0 saturated carbocycles. The third-order valence-electron chi connectivity index (χ3n) is 3.62. The van der Waals surface area contributed by atoms with E-state index in [1.54, 1.807) is 25.6 Å². The highest BCUT2D eigenvalue weighted by Gasteiger charge is 2.26. The van der Waals surface area contributed by atoms with Gasteiger partial charge in [0.15, 0.2) is 0 Å². The minimum absolute atomic E-state index is 0.241. The number of nitrogens with zero attached hydrogens (tertiary/aromatic N) is 2. The van der Waals surface area contributed by atoms with Gasteiger partial charge in [-0.25, -0.2) is 13.1 Å². The Morgan fingerprint density at radius 1 is 1.24 bits per heavy atom. The van der Waals surface area contributed by atoms with Gasteiger partial charge in [0, 0.05) is 13.1 Å². The van der Waals surface area contributed by atoms with Gasteiger partial charge in [0.05, 0.1) is 11.4 Å². The highest BCUT2D eigenvalue weighted by molar-refractivity contribution is 7.89. The Hall–Kier alpha value is -1.66. The van der Waals surface area contributed by atoms with E-state index in [1.807, 2.05) is 37.3 Å². The average Bonchev–Trinajstić information content (AvgIpc) is 2.71. The highest BCUT2D eigenvalue weighted by atomic mass is 32.2. The lowest BCUT2D eigenvalue weighted by Gasteiger charge is -2.17. The van der Waals surface area contributed by atoms with Crippen LogP contribution in [0.4, 0.5) is 0 Å². The van der Waals surface area contributed by atoms with Crippen molar-refractivity contribution in [3.63, 3.8) is 0 Å². The molecule has 0 radical (unpaired) electrons. The maximum atomic E-state index is 12.7. The van der Waals surface area contributed by atoms with Crippen molar-refractivity contribution < 1.29 is 8.42 Å². The molecule has 1 unspecified atom stereocenters. The average molecular weight is 307 g/mol. The SMILES string of the molecule is CCC(NS(=O)(=O)c1c(C)nn(C)c1C)c1ccccc1. The Bertz CT molecular complexity index is 721. The number of hydrogen-bond donors (Lipinski definition) is 1. The van der Waals surface area contributed by atoms with Crippen LogP contribution in [0.5, 0.6) is 0 Å². The highest BCUT2D eigenvalue weighted by Crippen LogP contribution is 2.23. The fraction of sp³-hybridized carbons (Fsp3) is 0.400. The van der Waals surface area contributed by atoms with Gasteiger partial charge in [-0.1, -0.05) is 37.3 Å². The van der Waals surface area contributed by atoms with E-state index in [2.05, 4.69) is 9.82 Å². The molecule has 21 heavy (non-hydrogen) atoms. The van der Waals surface area contributed by atoms with Crippen LogP contribution in [0.15, 0.2) is 35.2 Å². The first kappa shape index (κ1) is 15.7. The molecule has 1 aromatic carbocycles. The lowest BCUT2D eigenvalue weighted by atomic mass is 10.1. The lowest BCUT2D eigenvalue weighted by Crippen LogP contribution is -2.29. The van der Waals surface area contributed by atoms with Gasteiger partial charge < -0.3 is 0 Å². The predicted molar refractivity (Wildman–Crippen MR) is 82.5 cm³/mol.